The molecule has 242 valence electrons. The van der Waals surface area contributed by atoms with Crippen molar-refractivity contribution in [1.29, 1.82) is 5.41 Å². The van der Waals surface area contributed by atoms with E-state index in [1.807, 2.05) is 30.3 Å². The van der Waals surface area contributed by atoms with Crippen molar-refractivity contribution in [1.82, 2.24) is 31.2 Å². The predicted octanol–water partition coefficient (Wildman–Crippen LogP) is 0.541. The van der Waals surface area contributed by atoms with E-state index in [0.29, 0.717) is 5.69 Å². The van der Waals surface area contributed by atoms with Gasteiger partial charge in [0.1, 0.15) is 29.7 Å². The van der Waals surface area contributed by atoms with Crippen molar-refractivity contribution >= 4 is 51.9 Å². The Bertz CT molecular complexity index is 1700. The molecule has 0 radical (unpaired) electrons. The number of anilines is 1. The summed E-state index contributed by atoms with van der Waals surface area (Å²) in [5, 5.41) is 21.7. The average Bonchev–Trinajstić information content (AvgIpc) is 3.47. The van der Waals surface area contributed by atoms with E-state index in [2.05, 4.69) is 36.6 Å². The number of nitrogens with one attached hydrogen (secondary N) is 7. The lowest BCUT2D eigenvalue weighted by atomic mass is 9.98. The van der Waals surface area contributed by atoms with Crippen molar-refractivity contribution in [2.75, 3.05) is 11.9 Å². The number of amides is 5. The molecule has 1 saturated heterocycles. The standard InChI is InChI=1S/C29H32N8O8S/c1-29(2,3)45-28(43)37-27-35-18(14-46-27)21(30)23(39)36-22-17(34-24(22)40)11-33-26(42)25(41)32-10-16-9-19(38)20(12-31-16)44-13-15-7-5-4-6-8-15/h4-9,12,14,17,22,30H,10-11,13H2,1-3H3,(H,31,38)(H,32,41)(H,33,42)(H,34,40)(H,36,39)(H,35,37,43). The summed E-state index contributed by atoms with van der Waals surface area (Å²) in [5.41, 5.74) is -0.498. The number of nitrogens with zero attached hydrogens (tertiary/aromatic N) is 1. The SMILES string of the molecule is CC(C)(C)OC(=O)Nc1nc(C(=N)C(=O)NC2C(=O)NC2CNC(=O)C(=O)NCc2cc(=O)c(OCc3ccccc3)c[nH]2)cs1. The van der Waals surface area contributed by atoms with Crippen LogP contribution in [0.5, 0.6) is 5.75 Å². The number of pyridine rings is 1. The second-order valence-corrected chi connectivity index (χ2v) is 11.8. The zero-order valence-corrected chi connectivity index (χ0v) is 25.8. The summed E-state index contributed by atoms with van der Waals surface area (Å²) in [6.45, 7) is 4.95. The van der Waals surface area contributed by atoms with Gasteiger partial charge in [-0.2, -0.15) is 0 Å². The molecule has 16 nitrogen and oxygen atoms in total. The molecule has 0 aliphatic carbocycles. The molecule has 1 fully saturated rings. The third-order valence-electron chi connectivity index (χ3n) is 6.20. The van der Waals surface area contributed by atoms with Gasteiger partial charge in [-0.05, 0) is 26.3 Å². The van der Waals surface area contributed by atoms with E-state index in [9.17, 15) is 28.8 Å². The molecule has 3 heterocycles. The molecule has 1 aliphatic rings. The molecule has 7 N–H and O–H groups in total. The first-order valence-electron chi connectivity index (χ1n) is 13.9. The topological polar surface area (TPSA) is 234 Å². The van der Waals surface area contributed by atoms with Gasteiger partial charge >= 0.3 is 17.9 Å². The Morgan fingerprint density at radius 1 is 1.04 bits per heavy atom. The zero-order valence-electron chi connectivity index (χ0n) is 25.0. The average molecular weight is 653 g/mol. The number of aromatic nitrogens is 2. The quantitative estimate of drug-likeness (QED) is 0.0869. The van der Waals surface area contributed by atoms with Crippen LogP contribution in [0.1, 0.15) is 37.7 Å². The number of carbonyl (C=O) groups excluding carboxylic acids is 5. The van der Waals surface area contributed by atoms with Crippen LogP contribution in [0.4, 0.5) is 9.93 Å². The molecule has 1 aliphatic heterocycles. The molecule has 1 aromatic carbocycles. The summed E-state index contributed by atoms with van der Waals surface area (Å²) in [4.78, 5) is 80.5. The molecule has 46 heavy (non-hydrogen) atoms. The molecular weight excluding hydrogens is 620 g/mol. The Balaban J connectivity index is 1.20. The number of carbonyl (C=O) groups is 5. The van der Waals surface area contributed by atoms with Crippen molar-refractivity contribution in [3.63, 3.8) is 0 Å². The van der Waals surface area contributed by atoms with Gasteiger partial charge in [-0.1, -0.05) is 30.3 Å². The first-order valence-corrected chi connectivity index (χ1v) is 14.8. The molecule has 17 heteroatoms. The van der Waals surface area contributed by atoms with Crippen LogP contribution in [0.15, 0.2) is 52.8 Å². The van der Waals surface area contributed by atoms with E-state index in [1.165, 1.54) is 17.6 Å². The lowest BCUT2D eigenvalue weighted by Gasteiger charge is -2.37. The molecule has 5 amide bonds. The van der Waals surface area contributed by atoms with Gasteiger partial charge in [0.2, 0.25) is 11.3 Å². The molecule has 0 spiro atoms. The second-order valence-electron chi connectivity index (χ2n) is 11.0. The maximum atomic E-state index is 12.6. The largest absolute Gasteiger partial charge is 0.483 e. The van der Waals surface area contributed by atoms with E-state index in [-0.39, 0.29) is 36.3 Å². The van der Waals surface area contributed by atoms with Crippen LogP contribution in [-0.4, -0.2) is 69.6 Å². The fourth-order valence-electron chi connectivity index (χ4n) is 3.93. The number of hydrogen-bond donors (Lipinski definition) is 7. The summed E-state index contributed by atoms with van der Waals surface area (Å²) >= 11 is 0.977. The number of hydrogen-bond acceptors (Lipinski definition) is 11. The van der Waals surface area contributed by atoms with Crippen LogP contribution in [-0.2, 0) is 37.1 Å². The fraction of sp³-hybridized carbons (Fsp3) is 0.310. The molecule has 2 atom stereocenters. The minimum absolute atomic E-state index is 0.0366. The number of β-lactam (4-membered cyclic amide) rings is 1. The molecule has 0 saturated carbocycles. The Hall–Kier alpha value is -5.58. The van der Waals surface area contributed by atoms with E-state index >= 15 is 0 Å². The lowest BCUT2D eigenvalue weighted by molar-refractivity contribution is -0.140. The van der Waals surface area contributed by atoms with Gasteiger partial charge in [0.15, 0.2) is 10.9 Å². The Morgan fingerprint density at radius 2 is 1.76 bits per heavy atom. The van der Waals surface area contributed by atoms with E-state index in [1.54, 1.807) is 20.8 Å². The smallest absolute Gasteiger partial charge is 0.413 e. The Labute approximate surface area is 266 Å². The molecular formula is C29H32N8O8S. The number of thiazole rings is 1. The minimum atomic E-state index is -1.08. The maximum Gasteiger partial charge on any atom is 0.413 e. The summed E-state index contributed by atoms with van der Waals surface area (Å²) in [6.07, 6.45) is 0.622. The van der Waals surface area contributed by atoms with Crippen molar-refractivity contribution in [2.24, 2.45) is 0 Å². The van der Waals surface area contributed by atoms with Crippen LogP contribution >= 0.6 is 11.3 Å². The van der Waals surface area contributed by atoms with Crippen LogP contribution < -0.4 is 36.7 Å². The summed E-state index contributed by atoms with van der Waals surface area (Å²) in [7, 11) is 0. The Kier molecular flexibility index (Phi) is 10.5. The van der Waals surface area contributed by atoms with E-state index < -0.39 is 58.5 Å². The summed E-state index contributed by atoms with van der Waals surface area (Å²) in [5.74, 6) is -3.35. The van der Waals surface area contributed by atoms with Crippen molar-refractivity contribution in [3.8, 4) is 5.75 Å². The van der Waals surface area contributed by atoms with E-state index in [0.717, 1.165) is 16.9 Å². The first kappa shape index (κ1) is 33.3. The van der Waals surface area contributed by atoms with Crippen LogP contribution in [0, 0.1) is 5.41 Å². The van der Waals surface area contributed by atoms with Crippen LogP contribution in [0.2, 0.25) is 0 Å². The highest BCUT2D eigenvalue weighted by Crippen LogP contribution is 2.18. The molecule has 2 unspecified atom stereocenters. The number of ether oxygens (including phenoxy) is 2. The summed E-state index contributed by atoms with van der Waals surface area (Å²) in [6, 6.07) is 8.71. The van der Waals surface area contributed by atoms with Gasteiger partial charge in [0, 0.05) is 29.9 Å². The zero-order chi connectivity index (χ0) is 33.4. The fourth-order valence-corrected chi connectivity index (χ4v) is 4.62. The van der Waals surface area contributed by atoms with Crippen LogP contribution in [0.3, 0.4) is 0 Å². The van der Waals surface area contributed by atoms with Gasteiger partial charge in [-0.15, -0.1) is 11.3 Å². The summed E-state index contributed by atoms with van der Waals surface area (Å²) < 4.78 is 10.7. The van der Waals surface area contributed by atoms with Crippen molar-refractivity contribution in [3.05, 3.63) is 75.1 Å². The normalized spacial score (nSPS) is 15.4. The molecule has 4 rings (SSSR count). The van der Waals surface area contributed by atoms with E-state index in [4.69, 9.17) is 14.9 Å². The molecule has 2 aromatic heterocycles. The Morgan fingerprint density at radius 3 is 2.43 bits per heavy atom. The third-order valence-corrected chi connectivity index (χ3v) is 6.95. The highest BCUT2D eigenvalue weighted by molar-refractivity contribution is 7.14. The number of benzene rings is 1. The molecule has 0 bridgehead atoms. The monoisotopic (exact) mass is 652 g/mol. The third kappa shape index (κ3) is 9.21. The van der Waals surface area contributed by atoms with Crippen molar-refractivity contribution < 1.29 is 33.4 Å². The van der Waals surface area contributed by atoms with Crippen molar-refractivity contribution in [2.45, 2.75) is 51.6 Å². The predicted molar refractivity (Wildman–Crippen MR) is 165 cm³/mol. The highest BCUT2D eigenvalue weighted by atomic mass is 32.1. The number of aromatic amines is 1. The minimum Gasteiger partial charge on any atom is -0.483 e. The van der Waals surface area contributed by atoms with Gasteiger partial charge < -0.3 is 35.7 Å². The van der Waals surface area contributed by atoms with Gasteiger partial charge in [-0.25, -0.2) is 9.78 Å². The first-order chi connectivity index (χ1) is 21.8. The number of H-pyrrole nitrogens is 1. The van der Waals surface area contributed by atoms with Crippen LogP contribution in [0.25, 0.3) is 0 Å². The highest BCUT2D eigenvalue weighted by Gasteiger charge is 2.41. The molecule has 3 aromatic rings. The van der Waals surface area contributed by atoms with Gasteiger partial charge in [0.25, 0.3) is 5.91 Å². The lowest BCUT2D eigenvalue weighted by Crippen LogP contribution is -2.72. The number of rotatable bonds is 11. The second kappa shape index (κ2) is 14.5. The maximum absolute atomic E-state index is 12.6. The van der Waals surface area contributed by atoms with Gasteiger partial charge in [0.05, 0.1) is 12.6 Å². The van der Waals surface area contributed by atoms with Gasteiger partial charge in [-0.3, -0.25) is 34.7 Å².